The fourth-order valence-corrected chi connectivity index (χ4v) is 1.51. The summed E-state index contributed by atoms with van der Waals surface area (Å²) >= 11 is 0. The molecule has 1 saturated heterocycles. The zero-order valence-electron chi connectivity index (χ0n) is 8.48. The van der Waals surface area contributed by atoms with Gasteiger partial charge in [0.25, 0.3) is 0 Å². The van der Waals surface area contributed by atoms with Crippen molar-refractivity contribution in [1.82, 2.24) is 0 Å². The van der Waals surface area contributed by atoms with E-state index in [2.05, 4.69) is 5.32 Å². The lowest BCUT2D eigenvalue weighted by atomic mass is 10.2. The Morgan fingerprint density at radius 3 is 2.87 bits per heavy atom. The largest absolute Gasteiger partial charge is 0.392 e. The third-order valence-corrected chi connectivity index (χ3v) is 2.27. The molecule has 0 bridgehead atoms. The number of rotatable bonds is 4. The monoisotopic (exact) mass is 209 g/mol. The van der Waals surface area contributed by atoms with Crippen LogP contribution in [0.4, 0.5) is 5.69 Å². The number of aliphatic hydroxyl groups is 1. The number of aliphatic hydroxyl groups excluding tert-OH is 1. The van der Waals surface area contributed by atoms with Crippen LogP contribution in [0, 0.1) is 0 Å². The predicted octanol–water partition coefficient (Wildman–Crippen LogP) is 0.964. The maximum absolute atomic E-state index is 8.96. The summed E-state index contributed by atoms with van der Waals surface area (Å²) in [5, 5.41) is 12.2. The second-order valence-corrected chi connectivity index (χ2v) is 3.41. The van der Waals surface area contributed by atoms with Crippen molar-refractivity contribution in [3.05, 3.63) is 29.8 Å². The lowest BCUT2D eigenvalue weighted by Gasteiger charge is -2.11. The Kier molecular flexibility index (Phi) is 3.55. The van der Waals surface area contributed by atoms with E-state index in [1.165, 1.54) is 0 Å². The molecule has 1 aromatic carbocycles. The van der Waals surface area contributed by atoms with Gasteiger partial charge in [0.15, 0.2) is 6.29 Å². The normalized spacial score (nSPS) is 16.9. The van der Waals surface area contributed by atoms with Gasteiger partial charge in [-0.1, -0.05) is 12.1 Å². The minimum Gasteiger partial charge on any atom is -0.392 e. The predicted molar refractivity (Wildman–Crippen MR) is 56.5 cm³/mol. The van der Waals surface area contributed by atoms with E-state index in [4.69, 9.17) is 14.6 Å². The molecule has 1 aliphatic heterocycles. The summed E-state index contributed by atoms with van der Waals surface area (Å²) in [4.78, 5) is 0. The SMILES string of the molecule is OCc1cccc(NCC2OCCO2)c1. The quantitative estimate of drug-likeness (QED) is 0.775. The van der Waals surface area contributed by atoms with Gasteiger partial charge in [-0.3, -0.25) is 0 Å². The molecule has 1 heterocycles. The van der Waals surface area contributed by atoms with Gasteiger partial charge in [0, 0.05) is 5.69 Å². The van der Waals surface area contributed by atoms with Gasteiger partial charge in [-0.2, -0.15) is 0 Å². The molecule has 0 atom stereocenters. The van der Waals surface area contributed by atoms with E-state index >= 15 is 0 Å². The topological polar surface area (TPSA) is 50.7 Å². The van der Waals surface area contributed by atoms with Gasteiger partial charge in [-0.25, -0.2) is 0 Å². The first-order chi connectivity index (χ1) is 7.38. The van der Waals surface area contributed by atoms with E-state index in [1.807, 2.05) is 24.3 Å². The van der Waals surface area contributed by atoms with Crippen molar-refractivity contribution in [3.8, 4) is 0 Å². The van der Waals surface area contributed by atoms with Gasteiger partial charge < -0.3 is 19.9 Å². The molecular weight excluding hydrogens is 194 g/mol. The number of nitrogens with one attached hydrogen (secondary N) is 1. The standard InChI is InChI=1S/C11H15NO3/c13-8-9-2-1-3-10(6-9)12-7-11-14-4-5-15-11/h1-3,6,11-13H,4-5,7-8H2. The molecule has 1 aromatic rings. The molecule has 4 nitrogen and oxygen atoms in total. The minimum atomic E-state index is -0.150. The molecule has 15 heavy (non-hydrogen) atoms. The first kappa shape index (κ1) is 10.4. The van der Waals surface area contributed by atoms with Crippen LogP contribution >= 0.6 is 0 Å². The van der Waals surface area contributed by atoms with E-state index < -0.39 is 0 Å². The fraction of sp³-hybridized carbons (Fsp3) is 0.455. The summed E-state index contributed by atoms with van der Waals surface area (Å²) in [6.45, 7) is 2.03. The zero-order chi connectivity index (χ0) is 10.5. The molecular formula is C11H15NO3. The smallest absolute Gasteiger partial charge is 0.174 e. The van der Waals surface area contributed by atoms with Gasteiger partial charge in [0.2, 0.25) is 0 Å². The Morgan fingerprint density at radius 1 is 1.33 bits per heavy atom. The maximum Gasteiger partial charge on any atom is 0.174 e. The lowest BCUT2D eigenvalue weighted by molar-refractivity contribution is -0.0299. The molecule has 0 amide bonds. The van der Waals surface area contributed by atoms with E-state index in [-0.39, 0.29) is 12.9 Å². The molecule has 1 aliphatic rings. The second-order valence-electron chi connectivity index (χ2n) is 3.41. The van der Waals surface area contributed by atoms with Crippen LogP contribution in [0.1, 0.15) is 5.56 Å². The van der Waals surface area contributed by atoms with Gasteiger partial charge in [-0.05, 0) is 17.7 Å². The highest BCUT2D eigenvalue weighted by Gasteiger charge is 2.14. The molecule has 0 saturated carbocycles. The van der Waals surface area contributed by atoms with Crippen molar-refractivity contribution in [2.75, 3.05) is 25.1 Å². The van der Waals surface area contributed by atoms with E-state index in [1.54, 1.807) is 0 Å². The van der Waals surface area contributed by atoms with E-state index in [0.717, 1.165) is 11.3 Å². The molecule has 82 valence electrons. The van der Waals surface area contributed by atoms with Crippen LogP contribution in [0.2, 0.25) is 0 Å². The first-order valence-corrected chi connectivity index (χ1v) is 5.05. The van der Waals surface area contributed by atoms with Gasteiger partial charge >= 0.3 is 0 Å². The summed E-state index contributed by atoms with van der Waals surface area (Å²) in [6.07, 6.45) is -0.150. The summed E-state index contributed by atoms with van der Waals surface area (Å²) in [6, 6.07) is 7.65. The Hall–Kier alpha value is -1.10. The highest BCUT2D eigenvalue weighted by Crippen LogP contribution is 2.12. The summed E-state index contributed by atoms with van der Waals surface area (Å²) in [5.41, 5.74) is 1.87. The van der Waals surface area contributed by atoms with Crippen molar-refractivity contribution in [2.24, 2.45) is 0 Å². The fourth-order valence-electron chi connectivity index (χ4n) is 1.51. The van der Waals surface area contributed by atoms with Crippen LogP contribution in [0.25, 0.3) is 0 Å². The van der Waals surface area contributed by atoms with Gasteiger partial charge in [-0.15, -0.1) is 0 Å². The molecule has 0 unspecified atom stereocenters. The minimum absolute atomic E-state index is 0.0615. The van der Waals surface area contributed by atoms with Gasteiger partial charge in [0.05, 0.1) is 26.4 Å². The second kappa shape index (κ2) is 5.11. The summed E-state index contributed by atoms with van der Waals surface area (Å²) in [5.74, 6) is 0. The zero-order valence-corrected chi connectivity index (χ0v) is 8.48. The first-order valence-electron chi connectivity index (χ1n) is 5.05. The third kappa shape index (κ3) is 2.92. The number of anilines is 1. The van der Waals surface area contributed by atoms with Crippen molar-refractivity contribution in [3.63, 3.8) is 0 Å². The van der Waals surface area contributed by atoms with Crippen LogP contribution in [0.5, 0.6) is 0 Å². The molecule has 2 N–H and O–H groups in total. The summed E-state index contributed by atoms with van der Waals surface area (Å²) in [7, 11) is 0. The molecule has 0 aliphatic carbocycles. The van der Waals surface area contributed by atoms with Crippen molar-refractivity contribution >= 4 is 5.69 Å². The maximum atomic E-state index is 8.96. The molecule has 0 aromatic heterocycles. The van der Waals surface area contributed by atoms with Crippen molar-refractivity contribution in [2.45, 2.75) is 12.9 Å². The van der Waals surface area contributed by atoms with E-state index in [0.29, 0.717) is 19.8 Å². The van der Waals surface area contributed by atoms with Crippen LogP contribution in [0.3, 0.4) is 0 Å². The Bertz CT molecular complexity index is 310. The van der Waals surface area contributed by atoms with Crippen LogP contribution in [-0.4, -0.2) is 31.2 Å². The highest BCUT2D eigenvalue weighted by molar-refractivity contribution is 5.45. The number of benzene rings is 1. The Labute approximate surface area is 88.8 Å². The Balaban J connectivity index is 1.86. The third-order valence-electron chi connectivity index (χ3n) is 2.27. The van der Waals surface area contributed by atoms with Crippen LogP contribution in [-0.2, 0) is 16.1 Å². The van der Waals surface area contributed by atoms with Gasteiger partial charge in [0.1, 0.15) is 0 Å². The molecule has 4 heteroatoms. The van der Waals surface area contributed by atoms with Crippen LogP contribution in [0.15, 0.2) is 24.3 Å². The van der Waals surface area contributed by atoms with Crippen molar-refractivity contribution < 1.29 is 14.6 Å². The Morgan fingerprint density at radius 2 is 2.13 bits per heavy atom. The number of hydrogen-bond acceptors (Lipinski definition) is 4. The lowest BCUT2D eigenvalue weighted by Crippen LogP contribution is -2.20. The molecule has 2 rings (SSSR count). The average Bonchev–Trinajstić information content (AvgIpc) is 2.79. The summed E-state index contributed by atoms with van der Waals surface area (Å²) < 4.78 is 10.6. The molecule has 1 fully saturated rings. The van der Waals surface area contributed by atoms with Crippen molar-refractivity contribution in [1.29, 1.82) is 0 Å². The van der Waals surface area contributed by atoms with Crippen LogP contribution < -0.4 is 5.32 Å². The highest BCUT2D eigenvalue weighted by atomic mass is 16.7. The molecule has 0 spiro atoms. The number of ether oxygens (including phenoxy) is 2. The number of hydrogen-bond donors (Lipinski definition) is 2. The average molecular weight is 209 g/mol. The molecule has 0 radical (unpaired) electrons. The van der Waals surface area contributed by atoms with E-state index in [9.17, 15) is 0 Å².